The lowest BCUT2D eigenvalue weighted by molar-refractivity contribution is -0.141. The van der Waals surface area contributed by atoms with Crippen LogP contribution in [0.25, 0.3) is 5.69 Å². The molecule has 1 aromatic heterocycles. The Morgan fingerprint density at radius 1 is 1.17 bits per heavy atom. The molecule has 0 unspecified atom stereocenters. The normalized spacial score (nSPS) is 17.8. The maximum absolute atomic E-state index is 13.0. The molecule has 2 heterocycles. The summed E-state index contributed by atoms with van der Waals surface area (Å²) in [6.45, 7) is 1.96. The lowest BCUT2D eigenvalue weighted by Crippen LogP contribution is -2.25. The minimum Gasteiger partial charge on any atom is -0.292 e. The van der Waals surface area contributed by atoms with Crippen molar-refractivity contribution < 1.29 is 13.2 Å². The number of allylic oxidation sites excluding steroid dienone is 1. The zero-order valence-electron chi connectivity index (χ0n) is 12.8. The number of benzene rings is 1. The number of hydrazine groups is 1. The molecule has 0 amide bonds. The highest BCUT2D eigenvalue weighted by Gasteiger charge is 2.38. The van der Waals surface area contributed by atoms with Crippen molar-refractivity contribution in [3.05, 3.63) is 52.8 Å². The van der Waals surface area contributed by atoms with Gasteiger partial charge < -0.3 is 0 Å². The number of nitrogens with one attached hydrogen (secondary N) is 1. The largest absolute Gasteiger partial charge is 0.435 e. The Morgan fingerprint density at radius 2 is 1.83 bits per heavy atom. The van der Waals surface area contributed by atoms with Gasteiger partial charge in [-0.25, -0.2) is 9.10 Å². The van der Waals surface area contributed by atoms with E-state index in [-0.39, 0.29) is 5.92 Å². The average Bonchev–Trinajstić information content (AvgIpc) is 3.12. The Labute approximate surface area is 141 Å². The number of anilines is 1. The fourth-order valence-electron chi connectivity index (χ4n) is 2.61. The van der Waals surface area contributed by atoms with E-state index in [2.05, 4.69) is 10.5 Å². The maximum atomic E-state index is 13.0. The van der Waals surface area contributed by atoms with Crippen LogP contribution in [0.3, 0.4) is 0 Å². The first kappa shape index (κ1) is 15.4. The lowest BCUT2D eigenvalue weighted by atomic mass is 10.2. The number of alkyl halides is 3. The molecule has 0 radical (unpaired) electrons. The molecule has 8 heteroatoms. The Kier molecular flexibility index (Phi) is 3.52. The lowest BCUT2D eigenvalue weighted by Gasteiger charge is -2.18. The Balaban J connectivity index is 1.65. The molecule has 1 fully saturated rings. The van der Waals surface area contributed by atoms with Crippen LogP contribution in [-0.4, -0.2) is 9.78 Å². The van der Waals surface area contributed by atoms with Gasteiger partial charge in [-0.1, -0.05) is 0 Å². The molecule has 4 nitrogen and oxygen atoms in total. The van der Waals surface area contributed by atoms with Crippen molar-refractivity contribution in [3.8, 4) is 5.69 Å². The summed E-state index contributed by atoms with van der Waals surface area (Å²) in [4.78, 5) is 0. The first-order valence-corrected chi connectivity index (χ1v) is 8.43. The first-order valence-electron chi connectivity index (χ1n) is 7.60. The third kappa shape index (κ3) is 2.86. The number of nitrogens with zero attached hydrogens (tertiary/aromatic N) is 3. The van der Waals surface area contributed by atoms with Crippen molar-refractivity contribution >= 4 is 17.6 Å². The zero-order valence-corrected chi connectivity index (χ0v) is 13.7. The van der Waals surface area contributed by atoms with E-state index in [9.17, 15) is 13.2 Å². The second kappa shape index (κ2) is 5.47. The summed E-state index contributed by atoms with van der Waals surface area (Å²) >= 11 is 1.52. The molecule has 24 heavy (non-hydrogen) atoms. The quantitative estimate of drug-likeness (QED) is 0.819. The molecule has 0 saturated heterocycles. The number of rotatable bonds is 3. The highest BCUT2D eigenvalue weighted by atomic mass is 32.2. The molecule has 4 rings (SSSR count). The summed E-state index contributed by atoms with van der Waals surface area (Å²) in [5.41, 5.74) is 5.60. The number of hydrogen-bond donors (Lipinski definition) is 1. The van der Waals surface area contributed by atoms with Gasteiger partial charge in [-0.3, -0.25) is 5.43 Å². The van der Waals surface area contributed by atoms with E-state index < -0.39 is 11.9 Å². The summed E-state index contributed by atoms with van der Waals surface area (Å²) in [5, 5.41) is 5.79. The molecule has 0 spiro atoms. The van der Waals surface area contributed by atoms with E-state index in [1.54, 1.807) is 12.1 Å². The van der Waals surface area contributed by atoms with Crippen molar-refractivity contribution in [1.29, 1.82) is 0 Å². The van der Waals surface area contributed by atoms with E-state index in [1.165, 1.54) is 22.7 Å². The van der Waals surface area contributed by atoms with Gasteiger partial charge in [0.2, 0.25) is 0 Å². The molecule has 1 aromatic carbocycles. The predicted octanol–water partition coefficient (Wildman–Crippen LogP) is 4.60. The standard InChI is InChI=1S/C16H15F3N4S/c1-10-9-24-23(20-10)13-6-4-12(5-7-13)22-14(11-2-3-11)8-15(21-22)16(17,18)19/h4-9,11,20H,2-3H2,1H3. The van der Waals surface area contributed by atoms with Crippen molar-refractivity contribution in [2.45, 2.75) is 31.9 Å². The molecule has 1 aliphatic carbocycles. The van der Waals surface area contributed by atoms with E-state index >= 15 is 0 Å². The molecule has 1 saturated carbocycles. The monoisotopic (exact) mass is 352 g/mol. The molecule has 1 aliphatic heterocycles. The highest BCUT2D eigenvalue weighted by molar-refractivity contribution is 8.03. The van der Waals surface area contributed by atoms with Gasteiger partial charge in [0.1, 0.15) is 0 Å². The summed E-state index contributed by atoms with van der Waals surface area (Å²) < 4.78 is 42.3. The van der Waals surface area contributed by atoms with Gasteiger partial charge in [0, 0.05) is 34.7 Å². The summed E-state index contributed by atoms with van der Waals surface area (Å²) in [7, 11) is 0. The van der Waals surface area contributed by atoms with Gasteiger partial charge in [-0.2, -0.15) is 18.3 Å². The maximum Gasteiger partial charge on any atom is 0.435 e. The smallest absolute Gasteiger partial charge is 0.292 e. The van der Waals surface area contributed by atoms with E-state index in [4.69, 9.17) is 0 Å². The van der Waals surface area contributed by atoms with Crippen molar-refractivity contribution in [2.75, 3.05) is 4.41 Å². The molecule has 126 valence electrons. The minimum absolute atomic E-state index is 0.177. The van der Waals surface area contributed by atoms with Crippen LogP contribution in [0.5, 0.6) is 0 Å². The zero-order chi connectivity index (χ0) is 16.9. The molecule has 0 bridgehead atoms. The van der Waals surface area contributed by atoms with Crippen molar-refractivity contribution in [2.24, 2.45) is 0 Å². The number of halogens is 3. The molecule has 0 atom stereocenters. The third-order valence-electron chi connectivity index (χ3n) is 3.96. The fourth-order valence-corrected chi connectivity index (χ4v) is 3.37. The minimum atomic E-state index is -4.42. The van der Waals surface area contributed by atoms with Crippen LogP contribution in [0, 0.1) is 0 Å². The molecular weight excluding hydrogens is 337 g/mol. The summed E-state index contributed by atoms with van der Waals surface area (Å²) in [5.74, 6) is 0.177. The first-order chi connectivity index (χ1) is 11.4. The van der Waals surface area contributed by atoms with Crippen LogP contribution in [0.15, 0.2) is 41.4 Å². The van der Waals surface area contributed by atoms with Crippen LogP contribution in [0.4, 0.5) is 18.9 Å². The van der Waals surface area contributed by atoms with E-state index in [0.29, 0.717) is 11.4 Å². The third-order valence-corrected chi connectivity index (χ3v) is 4.94. The van der Waals surface area contributed by atoms with Gasteiger partial charge in [0.15, 0.2) is 5.69 Å². The second-order valence-corrected chi connectivity index (χ2v) is 6.78. The van der Waals surface area contributed by atoms with Crippen LogP contribution >= 0.6 is 11.9 Å². The van der Waals surface area contributed by atoms with Gasteiger partial charge in [0.25, 0.3) is 0 Å². The van der Waals surface area contributed by atoms with Gasteiger partial charge in [-0.15, -0.1) is 0 Å². The number of hydrogen-bond acceptors (Lipinski definition) is 4. The topological polar surface area (TPSA) is 33.1 Å². The van der Waals surface area contributed by atoms with Crippen LogP contribution in [0.2, 0.25) is 0 Å². The van der Waals surface area contributed by atoms with Crippen LogP contribution in [-0.2, 0) is 6.18 Å². The number of aromatic nitrogens is 2. The van der Waals surface area contributed by atoms with Crippen LogP contribution in [0.1, 0.15) is 37.1 Å². The SMILES string of the molecule is CC1=CSN(c2ccc(-n3nc(C(F)(F)F)cc3C3CC3)cc2)N1. The fraction of sp³-hybridized carbons (Fsp3) is 0.312. The molecule has 2 aromatic rings. The van der Waals surface area contributed by atoms with Crippen molar-refractivity contribution in [3.63, 3.8) is 0 Å². The Bertz CT molecular complexity index is 791. The Morgan fingerprint density at radius 3 is 2.38 bits per heavy atom. The second-order valence-electron chi connectivity index (χ2n) is 5.97. The summed E-state index contributed by atoms with van der Waals surface area (Å²) in [6.07, 6.45) is -2.59. The summed E-state index contributed by atoms with van der Waals surface area (Å²) in [6, 6.07) is 8.51. The van der Waals surface area contributed by atoms with Crippen LogP contribution < -0.4 is 9.84 Å². The van der Waals surface area contributed by atoms with Crippen molar-refractivity contribution in [1.82, 2.24) is 15.2 Å². The average molecular weight is 352 g/mol. The van der Waals surface area contributed by atoms with Gasteiger partial charge in [0.05, 0.1) is 11.4 Å². The van der Waals surface area contributed by atoms with E-state index in [0.717, 1.165) is 24.2 Å². The predicted molar refractivity (Wildman–Crippen MR) is 87.5 cm³/mol. The molecule has 1 N–H and O–H groups in total. The van der Waals surface area contributed by atoms with Gasteiger partial charge >= 0.3 is 6.18 Å². The van der Waals surface area contributed by atoms with E-state index in [1.807, 2.05) is 28.9 Å². The highest BCUT2D eigenvalue weighted by Crippen LogP contribution is 2.43. The van der Waals surface area contributed by atoms with Gasteiger partial charge in [-0.05, 0) is 50.1 Å². The Hall–Kier alpha value is -2.09. The molecule has 2 aliphatic rings. The molecular formula is C16H15F3N4S.